The average molecular weight is 346 g/mol. The maximum atomic E-state index is 12.6. The van der Waals surface area contributed by atoms with Crippen molar-refractivity contribution in [3.63, 3.8) is 0 Å². The molecule has 134 valence electrons. The molecule has 1 heterocycles. The molecule has 0 saturated carbocycles. The zero-order valence-corrected chi connectivity index (χ0v) is 14.7. The maximum absolute atomic E-state index is 12.6. The number of anilines is 1. The minimum atomic E-state index is -1.29. The molecule has 0 atom stereocenters. The summed E-state index contributed by atoms with van der Waals surface area (Å²) in [6.45, 7) is 3.31. The van der Waals surface area contributed by atoms with E-state index in [0.717, 1.165) is 0 Å². The Morgan fingerprint density at radius 1 is 1.12 bits per heavy atom. The second kappa shape index (κ2) is 7.74. The molecule has 0 aliphatic rings. The summed E-state index contributed by atoms with van der Waals surface area (Å²) >= 11 is 0. The second-order valence-corrected chi connectivity index (χ2v) is 5.91. The zero-order valence-electron chi connectivity index (χ0n) is 14.7. The Morgan fingerprint density at radius 3 is 2.48 bits per heavy atom. The van der Waals surface area contributed by atoms with Crippen LogP contribution in [-0.2, 0) is 16.1 Å². The first-order chi connectivity index (χ1) is 11.9. The lowest BCUT2D eigenvalue weighted by Gasteiger charge is -2.23. The number of ether oxygens (including phenoxy) is 2. The van der Waals surface area contributed by atoms with Gasteiger partial charge in [-0.25, -0.2) is 0 Å². The van der Waals surface area contributed by atoms with Gasteiger partial charge in [-0.3, -0.25) is 9.59 Å². The SMILES string of the molecule is COc1ccc(OC)c(NC(=O)C(C)(C)C(=O)NCc2ccco2)c1. The number of nitrogens with one attached hydrogen (secondary N) is 2. The Bertz CT molecular complexity index is 738. The number of hydrogen-bond donors (Lipinski definition) is 2. The fourth-order valence-electron chi connectivity index (χ4n) is 2.09. The monoisotopic (exact) mass is 346 g/mol. The largest absolute Gasteiger partial charge is 0.497 e. The van der Waals surface area contributed by atoms with E-state index < -0.39 is 17.2 Å². The van der Waals surface area contributed by atoms with Gasteiger partial charge in [0.1, 0.15) is 22.7 Å². The van der Waals surface area contributed by atoms with Gasteiger partial charge in [0.15, 0.2) is 0 Å². The summed E-state index contributed by atoms with van der Waals surface area (Å²) in [5.74, 6) is 0.774. The number of amides is 2. The van der Waals surface area contributed by atoms with Gasteiger partial charge >= 0.3 is 0 Å². The molecule has 0 spiro atoms. The molecular weight excluding hydrogens is 324 g/mol. The van der Waals surface area contributed by atoms with Crippen LogP contribution in [0.15, 0.2) is 41.0 Å². The van der Waals surface area contributed by atoms with Crippen LogP contribution in [0.2, 0.25) is 0 Å². The van der Waals surface area contributed by atoms with Gasteiger partial charge in [0.2, 0.25) is 11.8 Å². The highest BCUT2D eigenvalue weighted by atomic mass is 16.5. The molecule has 0 aliphatic carbocycles. The molecule has 2 rings (SSSR count). The Labute approximate surface area is 146 Å². The van der Waals surface area contributed by atoms with Gasteiger partial charge in [0.05, 0.1) is 32.7 Å². The number of carbonyl (C=O) groups excluding carboxylic acids is 2. The van der Waals surface area contributed by atoms with E-state index in [1.807, 2.05) is 0 Å². The molecule has 0 aliphatic heterocycles. The summed E-state index contributed by atoms with van der Waals surface area (Å²) in [5, 5.41) is 5.42. The normalized spacial score (nSPS) is 10.9. The molecule has 1 aromatic heterocycles. The van der Waals surface area contributed by atoms with Crippen molar-refractivity contribution in [2.24, 2.45) is 5.41 Å². The first kappa shape index (κ1) is 18.4. The molecule has 25 heavy (non-hydrogen) atoms. The number of hydrogen-bond acceptors (Lipinski definition) is 5. The van der Waals surface area contributed by atoms with Gasteiger partial charge in [-0.1, -0.05) is 0 Å². The van der Waals surface area contributed by atoms with Crippen LogP contribution in [0.25, 0.3) is 0 Å². The lowest BCUT2D eigenvalue weighted by molar-refractivity contribution is -0.138. The second-order valence-electron chi connectivity index (χ2n) is 5.91. The Hall–Kier alpha value is -2.96. The smallest absolute Gasteiger partial charge is 0.239 e. The Kier molecular flexibility index (Phi) is 5.69. The molecule has 0 bridgehead atoms. The summed E-state index contributed by atoms with van der Waals surface area (Å²) in [4.78, 5) is 25.0. The highest BCUT2D eigenvalue weighted by molar-refractivity contribution is 6.10. The number of rotatable bonds is 7. The fraction of sp³-hybridized carbons (Fsp3) is 0.333. The number of furan rings is 1. The summed E-state index contributed by atoms with van der Waals surface area (Å²) in [6.07, 6.45) is 1.52. The van der Waals surface area contributed by atoms with Crippen LogP contribution >= 0.6 is 0 Å². The Morgan fingerprint density at radius 2 is 1.88 bits per heavy atom. The summed E-state index contributed by atoms with van der Waals surface area (Å²) in [6, 6.07) is 8.50. The number of carbonyl (C=O) groups is 2. The summed E-state index contributed by atoms with van der Waals surface area (Å²) in [5.41, 5.74) is -0.862. The van der Waals surface area contributed by atoms with Crippen molar-refractivity contribution in [3.05, 3.63) is 42.4 Å². The molecule has 7 heteroatoms. The minimum absolute atomic E-state index is 0.213. The first-order valence-corrected chi connectivity index (χ1v) is 7.72. The third-order valence-corrected chi connectivity index (χ3v) is 3.79. The van der Waals surface area contributed by atoms with Crippen molar-refractivity contribution in [2.45, 2.75) is 20.4 Å². The lowest BCUT2D eigenvalue weighted by atomic mass is 9.91. The minimum Gasteiger partial charge on any atom is -0.497 e. The van der Waals surface area contributed by atoms with Crippen LogP contribution in [-0.4, -0.2) is 26.0 Å². The van der Waals surface area contributed by atoms with Crippen molar-refractivity contribution >= 4 is 17.5 Å². The predicted octanol–water partition coefficient (Wildman–Crippen LogP) is 2.58. The van der Waals surface area contributed by atoms with Gasteiger partial charge in [-0.2, -0.15) is 0 Å². The standard InChI is InChI=1S/C18H22N2O5/c1-18(2,16(21)19-11-13-6-5-9-25-13)17(22)20-14-10-12(23-3)7-8-15(14)24-4/h5-10H,11H2,1-4H3,(H,19,21)(H,20,22). The summed E-state index contributed by atoms with van der Waals surface area (Å²) < 4.78 is 15.5. The van der Waals surface area contributed by atoms with Crippen molar-refractivity contribution < 1.29 is 23.5 Å². The van der Waals surface area contributed by atoms with E-state index >= 15 is 0 Å². The molecule has 0 fully saturated rings. The molecule has 2 N–H and O–H groups in total. The average Bonchev–Trinajstić information content (AvgIpc) is 3.12. The van der Waals surface area contributed by atoms with Gasteiger partial charge in [0.25, 0.3) is 0 Å². The van der Waals surface area contributed by atoms with E-state index in [2.05, 4.69) is 10.6 Å². The van der Waals surface area contributed by atoms with Crippen LogP contribution in [0.3, 0.4) is 0 Å². The predicted molar refractivity (Wildman–Crippen MR) is 92.5 cm³/mol. The van der Waals surface area contributed by atoms with Crippen LogP contribution < -0.4 is 20.1 Å². The molecular formula is C18H22N2O5. The number of benzene rings is 1. The van der Waals surface area contributed by atoms with Crippen molar-refractivity contribution in [2.75, 3.05) is 19.5 Å². The van der Waals surface area contributed by atoms with Crippen LogP contribution in [0, 0.1) is 5.41 Å². The van der Waals surface area contributed by atoms with Gasteiger partial charge < -0.3 is 24.5 Å². The van der Waals surface area contributed by atoms with Crippen molar-refractivity contribution in [1.29, 1.82) is 0 Å². The molecule has 2 aromatic rings. The molecule has 0 unspecified atom stereocenters. The third-order valence-electron chi connectivity index (χ3n) is 3.79. The van der Waals surface area contributed by atoms with E-state index in [-0.39, 0.29) is 6.54 Å². The quantitative estimate of drug-likeness (QED) is 0.752. The maximum Gasteiger partial charge on any atom is 0.239 e. The van der Waals surface area contributed by atoms with Crippen LogP contribution in [0.4, 0.5) is 5.69 Å². The van der Waals surface area contributed by atoms with E-state index in [4.69, 9.17) is 13.9 Å². The molecule has 1 aromatic carbocycles. The molecule has 2 amide bonds. The highest BCUT2D eigenvalue weighted by Gasteiger charge is 2.36. The molecule has 7 nitrogen and oxygen atoms in total. The number of methoxy groups -OCH3 is 2. The van der Waals surface area contributed by atoms with Gasteiger partial charge in [-0.15, -0.1) is 0 Å². The van der Waals surface area contributed by atoms with Crippen molar-refractivity contribution in [3.8, 4) is 11.5 Å². The van der Waals surface area contributed by atoms with E-state index in [1.54, 1.807) is 44.2 Å². The fourth-order valence-corrected chi connectivity index (χ4v) is 2.09. The van der Waals surface area contributed by atoms with Gasteiger partial charge in [-0.05, 0) is 38.1 Å². The highest BCUT2D eigenvalue weighted by Crippen LogP contribution is 2.30. The summed E-state index contributed by atoms with van der Waals surface area (Å²) in [7, 11) is 3.03. The Balaban J connectivity index is 2.08. The molecule has 0 radical (unpaired) electrons. The molecule has 0 saturated heterocycles. The lowest BCUT2D eigenvalue weighted by Crippen LogP contribution is -2.44. The van der Waals surface area contributed by atoms with E-state index in [0.29, 0.717) is 22.9 Å². The van der Waals surface area contributed by atoms with Crippen LogP contribution in [0.5, 0.6) is 11.5 Å². The topological polar surface area (TPSA) is 89.8 Å². The van der Waals surface area contributed by atoms with E-state index in [9.17, 15) is 9.59 Å². The zero-order chi connectivity index (χ0) is 18.4. The third kappa shape index (κ3) is 4.32. The van der Waals surface area contributed by atoms with Crippen molar-refractivity contribution in [1.82, 2.24) is 5.32 Å². The van der Waals surface area contributed by atoms with Gasteiger partial charge in [0, 0.05) is 6.07 Å². The first-order valence-electron chi connectivity index (χ1n) is 7.72. The van der Waals surface area contributed by atoms with E-state index in [1.165, 1.54) is 20.5 Å². The van der Waals surface area contributed by atoms with Crippen LogP contribution in [0.1, 0.15) is 19.6 Å².